The molecule has 0 atom stereocenters. The van der Waals surface area contributed by atoms with Crippen LogP contribution in [0.3, 0.4) is 0 Å². The Hall–Kier alpha value is -7.28. The summed E-state index contributed by atoms with van der Waals surface area (Å²) < 4.78 is 0. The molecule has 0 amide bonds. The maximum absolute atomic E-state index is 2.42. The van der Waals surface area contributed by atoms with Crippen LogP contribution >= 0.6 is 0 Å². The number of rotatable bonds is 6. The van der Waals surface area contributed by atoms with Gasteiger partial charge in [0.05, 0.1) is 0 Å². The number of benzene rings is 10. The van der Waals surface area contributed by atoms with E-state index in [0.29, 0.717) is 0 Å². The van der Waals surface area contributed by atoms with Gasteiger partial charge in [-0.15, -0.1) is 0 Å². The van der Waals surface area contributed by atoms with E-state index in [0.717, 1.165) is 0 Å². The third kappa shape index (κ3) is 6.26. The quantitative estimate of drug-likeness (QED) is 0.159. The van der Waals surface area contributed by atoms with E-state index in [4.69, 9.17) is 0 Å². The van der Waals surface area contributed by atoms with Gasteiger partial charge in [-0.3, -0.25) is 0 Å². The molecule has 0 spiro atoms. The minimum Gasteiger partial charge on any atom is -0.0616 e. The van der Waals surface area contributed by atoms with Gasteiger partial charge in [-0.1, -0.05) is 208 Å². The molecule has 0 unspecified atom stereocenters. The summed E-state index contributed by atoms with van der Waals surface area (Å²) in [5, 5.41) is 5.08. The van der Waals surface area contributed by atoms with Gasteiger partial charge < -0.3 is 0 Å². The van der Waals surface area contributed by atoms with Crippen LogP contribution in [-0.2, 0) is 5.41 Å². The molecule has 0 aliphatic heterocycles. The number of fused-ring (bicyclic) bond motifs is 5. The first-order valence-electron chi connectivity index (χ1n) is 20.6. The van der Waals surface area contributed by atoms with Crippen LogP contribution in [0.15, 0.2) is 218 Å². The van der Waals surface area contributed by atoms with Crippen LogP contribution in [-0.4, -0.2) is 0 Å². The first-order valence-corrected chi connectivity index (χ1v) is 20.6. The van der Waals surface area contributed by atoms with Crippen LogP contribution in [0.5, 0.6) is 0 Å². The van der Waals surface area contributed by atoms with Gasteiger partial charge in [0.25, 0.3) is 0 Å². The van der Waals surface area contributed by atoms with E-state index < -0.39 is 0 Å². The average molecular weight is 751 g/mol. The van der Waals surface area contributed by atoms with Gasteiger partial charge >= 0.3 is 0 Å². The first-order chi connectivity index (χ1) is 28.9. The molecule has 10 aromatic rings. The van der Waals surface area contributed by atoms with E-state index in [1.54, 1.807) is 0 Å². The van der Waals surface area contributed by atoms with Gasteiger partial charge in [-0.25, -0.2) is 0 Å². The van der Waals surface area contributed by atoms with E-state index in [1.165, 1.54) is 111 Å². The number of hydrogen-bond donors (Lipinski definition) is 0. The summed E-state index contributed by atoms with van der Waals surface area (Å²) in [6.07, 6.45) is 0. The molecular formula is C59H42. The molecule has 0 nitrogen and oxygen atoms in total. The fraction of sp³-hybridized carbons (Fsp3) is 0.0508. The van der Waals surface area contributed by atoms with Crippen molar-refractivity contribution in [2.24, 2.45) is 0 Å². The smallest absolute Gasteiger partial charge is 0.0159 e. The highest BCUT2D eigenvalue weighted by Gasteiger charge is 2.36. The molecular weight excluding hydrogens is 709 g/mol. The van der Waals surface area contributed by atoms with E-state index in [-0.39, 0.29) is 5.41 Å². The van der Waals surface area contributed by atoms with Crippen LogP contribution in [0, 0.1) is 0 Å². The molecule has 59 heavy (non-hydrogen) atoms. The lowest BCUT2D eigenvalue weighted by Crippen LogP contribution is -2.15. The zero-order valence-electron chi connectivity index (χ0n) is 33.3. The lowest BCUT2D eigenvalue weighted by atomic mass is 9.80. The van der Waals surface area contributed by atoms with Gasteiger partial charge in [0.15, 0.2) is 0 Å². The Morgan fingerprint density at radius 2 is 0.458 bits per heavy atom. The zero-order chi connectivity index (χ0) is 39.5. The Morgan fingerprint density at radius 1 is 0.220 bits per heavy atom. The van der Waals surface area contributed by atoms with Crippen molar-refractivity contribution in [3.05, 3.63) is 230 Å². The largest absolute Gasteiger partial charge is 0.0616 e. The molecule has 0 saturated carbocycles. The summed E-state index contributed by atoms with van der Waals surface area (Å²) in [4.78, 5) is 0. The average Bonchev–Trinajstić information content (AvgIpc) is 3.53. The van der Waals surface area contributed by atoms with E-state index in [1.807, 2.05) is 0 Å². The van der Waals surface area contributed by atoms with Crippen molar-refractivity contribution in [3.63, 3.8) is 0 Å². The Labute approximate surface area is 346 Å². The van der Waals surface area contributed by atoms with E-state index in [9.17, 15) is 0 Å². The molecule has 1 aliphatic carbocycles. The summed E-state index contributed by atoms with van der Waals surface area (Å²) in [5.74, 6) is 0. The predicted molar refractivity (Wildman–Crippen MR) is 252 cm³/mol. The standard InChI is InChI=1S/C59H42/c1-59(2)57-37-53(47-23-15-43(16-24-47)41-11-19-45(20-12-41)51-29-27-39-7-3-5-9-49(39)35-51)31-33-55(57)56-34-32-54(38-58(56)59)48-25-17-44(18-26-48)42-13-21-46(22-14-42)52-30-28-40-8-4-6-10-50(40)36-52/h3-38H,1-2H3. The minimum absolute atomic E-state index is 0.115. The van der Waals surface area contributed by atoms with Crippen molar-refractivity contribution < 1.29 is 0 Å². The molecule has 0 bridgehead atoms. The predicted octanol–water partition coefficient (Wildman–Crippen LogP) is 16.3. The van der Waals surface area contributed by atoms with Crippen LogP contribution < -0.4 is 0 Å². The van der Waals surface area contributed by atoms with Gasteiger partial charge in [-0.05, 0) is 135 Å². The molecule has 0 N–H and O–H groups in total. The highest BCUT2D eigenvalue weighted by atomic mass is 14.4. The molecule has 0 aromatic heterocycles. The Balaban J connectivity index is 0.804. The molecule has 0 fully saturated rings. The summed E-state index contributed by atoms with van der Waals surface area (Å²) in [5.41, 5.74) is 20.2. The molecule has 0 heterocycles. The summed E-state index contributed by atoms with van der Waals surface area (Å²) >= 11 is 0. The lowest BCUT2D eigenvalue weighted by Gasteiger charge is -2.22. The van der Waals surface area contributed by atoms with Crippen molar-refractivity contribution in [2.45, 2.75) is 19.3 Å². The fourth-order valence-corrected chi connectivity index (χ4v) is 9.25. The topological polar surface area (TPSA) is 0 Å². The summed E-state index contributed by atoms with van der Waals surface area (Å²) in [6, 6.07) is 80.6. The molecule has 0 heteroatoms. The highest BCUT2D eigenvalue weighted by molar-refractivity contribution is 5.90. The van der Waals surface area contributed by atoms with E-state index in [2.05, 4.69) is 232 Å². The second-order valence-electron chi connectivity index (χ2n) is 16.6. The monoisotopic (exact) mass is 750 g/mol. The molecule has 278 valence electrons. The zero-order valence-corrected chi connectivity index (χ0v) is 33.3. The van der Waals surface area contributed by atoms with Gasteiger partial charge in [0.2, 0.25) is 0 Å². The lowest BCUT2D eigenvalue weighted by molar-refractivity contribution is 0.661. The molecule has 1 aliphatic rings. The maximum atomic E-state index is 2.42. The second kappa shape index (κ2) is 14.0. The highest BCUT2D eigenvalue weighted by Crippen LogP contribution is 2.51. The summed E-state index contributed by atoms with van der Waals surface area (Å²) in [7, 11) is 0. The first kappa shape index (κ1) is 34.9. The fourth-order valence-electron chi connectivity index (χ4n) is 9.25. The SMILES string of the molecule is CC1(C)c2cc(-c3ccc(-c4ccc(-c5ccc6ccccc6c5)cc4)cc3)ccc2-c2ccc(-c3ccc(-c4ccc(-c5ccc6ccccc6c5)cc4)cc3)cc21. The third-order valence-corrected chi connectivity index (χ3v) is 12.7. The minimum atomic E-state index is -0.115. The maximum Gasteiger partial charge on any atom is 0.0159 e. The van der Waals surface area contributed by atoms with Crippen molar-refractivity contribution in [1.29, 1.82) is 0 Å². The molecule has 11 rings (SSSR count). The van der Waals surface area contributed by atoms with Gasteiger partial charge in [0.1, 0.15) is 0 Å². The normalized spacial score (nSPS) is 12.7. The van der Waals surface area contributed by atoms with Crippen molar-refractivity contribution in [1.82, 2.24) is 0 Å². The van der Waals surface area contributed by atoms with Gasteiger partial charge in [-0.2, -0.15) is 0 Å². The van der Waals surface area contributed by atoms with Crippen LogP contribution in [0.25, 0.3) is 99.4 Å². The molecule has 0 radical (unpaired) electrons. The van der Waals surface area contributed by atoms with Crippen LogP contribution in [0.2, 0.25) is 0 Å². The van der Waals surface area contributed by atoms with Crippen LogP contribution in [0.4, 0.5) is 0 Å². The van der Waals surface area contributed by atoms with Crippen molar-refractivity contribution >= 4 is 21.5 Å². The summed E-state index contributed by atoms with van der Waals surface area (Å²) in [6.45, 7) is 4.75. The van der Waals surface area contributed by atoms with Crippen molar-refractivity contribution in [3.8, 4) is 77.9 Å². The number of hydrogen-bond acceptors (Lipinski definition) is 0. The van der Waals surface area contributed by atoms with E-state index >= 15 is 0 Å². The van der Waals surface area contributed by atoms with Gasteiger partial charge in [0, 0.05) is 5.41 Å². The Morgan fingerprint density at radius 3 is 0.780 bits per heavy atom. The molecule has 10 aromatic carbocycles. The van der Waals surface area contributed by atoms with Crippen LogP contribution in [0.1, 0.15) is 25.0 Å². The Bertz CT molecular complexity index is 2960. The Kier molecular flexibility index (Phi) is 8.27. The molecule has 0 saturated heterocycles. The second-order valence-corrected chi connectivity index (χ2v) is 16.6. The van der Waals surface area contributed by atoms with Crippen molar-refractivity contribution in [2.75, 3.05) is 0 Å². The third-order valence-electron chi connectivity index (χ3n) is 12.7.